The quantitative estimate of drug-likeness (QED) is 0.660. The van der Waals surface area contributed by atoms with Crippen molar-refractivity contribution in [2.75, 3.05) is 17.7 Å². The van der Waals surface area contributed by atoms with E-state index in [4.69, 9.17) is 5.11 Å². The summed E-state index contributed by atoms with van der Waals surface area (Å²) in [5, 5.41) is 16.4. The third kappa shape index (κ3) is 3.25. The fraction of sp³-hybridized carbons (Fsp3) is 0.308. The molecule has 7 nitrogen and oxygen atoms in total. The summed E-state index contributed by atoms with van der Waals surface area (Å²) in [6.07, 6.45) is 0.386. The molecule has 2 atom stereocenters. The first kappa shape index (κ1) is 13.9. The molecule has 1 fully saturated rings. The van der Waals surface area contributed by atoms with Gasteiger partial charge in [-0.25, -0.2) is 4.79 Å². The summed E-state index contributed by atoms with van der Waals surface area (Å²) < 4.78 is 0. The zero-order valence-corrected chi connectivity index (χ0v) is 10.8. The van der Waals surface area contributed by atoms with Crippen LogP contribution in [0.4, 0.5) is 16.2 Å². The summed E-state index contributed by atoms with van der Waals surface area (Å²) in [6, 6.07) is 6.24. The minimum Gasteiger partial charge on any atom is -0.481 e. The number of benzene rings is 1. The highest BCUT2D eigenvalue weighted by Crippen LogP contribution is 2.39. The number of carboxylic acids is 1. The molecule has 2 rings (SSSR count). The van der Waals surface area contributed by atoms with Gasteiger partial charge in [-0.15, -0.1) is 0 Å². The number of carbonyl (C=O) groups is 3. The number of amides is 3. The van der Waals surface area contributed by atoms with Gasteiger partial charge < -0.3 is 21.1 Å². The lowest BCUT2D eigenvalue weighted by atomic mass is 10.2. The number of urea groups is 1. The average Bonchev–Trinajstić information content (AvgIpc) is 3.21. The van der Waals surface area contributed by atoms with Gasteiger partial charge in [0.1, 0.15) is 0 Å². The van der Waals surface area contributed by atoms with Crippen molar-refractivity contribution in [3.05, 3.63) is 24.3 Å². The van der Waals surface area contributed by atoms with Gasteiger partial charge in [-0.05, 0) is 30.7 Å². The molecule has 1 aliphatic carbocycles. The lowest BCUT2D eigenvalue weighted by molar-refractivity contribution is -0.139. The van der Waals surface area contributed by atoms with Crippen LogP contribution in [-0.2, 0) is 9.59 Å². The summed E-state index contributed by atoms with van der Waals surface area (Å²) in [5.41, 5.74) is 1.16. The fourth-order valence-electron chi connectivity index (χ4n) is 1.82. The number of carbonyl (C=O) groups excluding carboxylic acids is 2. The molecule has 0 spiro atoms. The smallest absolute Gasteiger partial charge is 0.318 e. The van der Waals surface area contributed by atoms with E-state index in [0.29, 0.717) is 17.8 Å². The Kier molecular flexibility index (Phi) is 3.88. The molecule has 1 aromatic carbocycles. The third-order valence-electron chi connectivity index (χ3n) is 3.08. The van der Waals surface area contributed by atoms with Crippen molar-refractivity contribution in [1.82, 2.24) is 5.32 Å². The summed E-state index contributed by atoms with van der Waals surface area (Å²) in [6.45, 7) is 0. The van der Waals surface area contributed by atoms with Gasteiger partial charge in [-0.1, -0.05) is 0 Å². The molecule has 4 N–H and O–H groups in total. The molecule has 2 unspecified atom stereocenters. The second kappa shape index (κ2) is 5.60. The Bertz CT molecular complexity index is 541. The van der Waals surface area contributed by atoms with Crippen LogP contribution in [0.1, 0.15) is 6.42 Å². The number of carboxylic acid groups (broad SMARTS) is 1. The first-order valence-corrected chi connectivity index (χ1v) is 6.13. The van der Waals surface area contributed by atoms with E-state index in [9.17, 15) is 14.4 Å². The Morgan fingerprint density at radius 3 is 2.05 bits per heavy atom. The van der Waals surface area contributed by atoms with Crippen molar-refractivity contribution >= 4 is 29.3 Å². The Hall–Kier alpha value is -2.57. The lowest BCUT2D eigenvalue weighted by Crippen LogP contribution is -2.24. The lowest BCUT2D eigenvalue weighted by Gasteiger charge is -2.07. The van der Waals surface area contributed by atoms with Gasteiger partial charge in [0.25, 0.3) is 0 Å². The largest absolute Gasteiger partial charge is 0.481 e. The highest BCUT2D eigenvalue weighted by Gasteiger charge is 2.48. The average molecular weight is 277 g/mol. The third-order valence-corrected chi connectivity index (χ3v) is 3.08. The van der Waals surface area contributed by atoms with Crippen molar-refractivity contribution < 1.29 is 19.5 Å². The van der Waals surface area contributed by atoms with Gasteiger partial charge in [0, 0.05) is 18.4 Å². The standard InChI is InChI=1S/C13H15N3O4/c1-14-13(20)16-8-4-2-7(3-5-8)15-11(17)9-6-10(9)12(18)19/h2-5,9-10H,6H2,1H3,(H,15,17)(H,18,19)(H2,14,16,20). The maximum atomic E-state index is 11.7. The Labute approximate surface area is 115 Å². The van der Waals surface area contributed by atoms with Crippen LogP contribution in [0, 0.1) is 11.8 Å². The second-order valence-electron chi connectivity index (χ2n) is 4.56. The Morgan fingerprint density at radius 1 is 1.05 bits per heavy atom. The zero-order chi connectivity index (χ0) is 14.7. The number of aliphatic carboxylic acids is 1. The Morgan fingerprint density at radius 2 is 1.60 bits per heavy atom. The number of hydrogen-bond donors (Lipinski definition) is 4. The maximum absolute atomic E-state index is 11.7. The highest BCUT2D eigenvalue weighted by atomic mass is 16.4. The van der Waals surface area contributed by atoms with Crippen LogP contribution in [0.25, 0.3) is 0 Å². The van der Waals surface area contributed by atoms with Crippen LogP contribution in [0.5, 0.6) is 0 Å². The normalized spacial score (nSPS) is 19.9. The summed E-state index contributed by atoms with van der Waals surface area (Å²) in [5.74, 6) is -2.24. The van der Waals surface area contributed by atoms with Crippen molar-refractivity contribution in [2.24, 2.45) is 11.8 Å². The minimum absolute atomic E-state index is 0.288. The zero-order valence-electron chi connectivity index (χ0n) is 10.8. The van der Waals surface area contributed by atoms with Crippen molar-refractivity contribution in [2.45, 2.75) is 6.42 Å². The van der Waals surface area contributed by atoms with Crippen LogP contribution in [0.15, 0.2) is 24.3 Å². The predicted molar refractivity (Wildman–Crippen MR) is 72.4 cm³/mol. The molecule has 1 aromatic rings. The highest BCUT2D eigenvalue weighted by molar-refractivity contribution is 5.98. The first-order valence-electron chi connectivity index (χ1n) is 6.13. The molecule has 0 radical (unpaired) electrons. The Balaban J connectivity index is 1.89. The topological polar surface area (TPSA) is 108 Å². The number of hydrogen-bond acceptors (Lipinski definition) is 3. The molecule has 1 aliphatic rings. The van der Waals surface area contributed by atoms with E-state index in [1.807, 2.05) is 0 Å². The van der Waals surface area contributed by atoms with E-state index in [1.165, 1.54) is 7.05 Å². The summed E-state index contributed by atoms with van der Waals surface area (Å²) in [7, 11) is 1.51. The van der Waals surface area contributed by atoms with Gasteiger partial charge >= 0.3 is 12.0 Å². The molecule has 0 aromatic heterocycles. The van der Waals surface area contributed by atoms with E-state index in [0.717, 1.165) is 0 Å². The first-order chi connectivity index (χ1) is 9.51. The second-order valence-corrected chi connectivity index (χ2v) is 4.56. The SMILES string of the molecule is CNC(=O)Nc1ccc(NC(=O)C2CC2C(=O)O)cc1. The molecule has 1 saturated carbocycles. The molecule has 0 saturated heterocycles. The minimum atomic E-state index is -0.935. The van der Waals surface area contributed by atoms with Crippen molar-refractivity contribution in [3.8, 4) is 0 Å². The van der Waals surface area contributed by atoms with Gasteiger partial charge in [0.2, 0.25) is 5.91 Å². The van der Waals surface area contributed by atoms with E-state index in [1.54, 1.807) is 24.3 Å². The molecule has 0 aliphatic heterocycles. The van der Waals surface area contributed by atoms with E-state index < -0.39 is 17.8 Å². The number of nitrogens with one attached hydrogen (secondary N) is 3. The summed E-state index contributed by atoms with van der Waals surface area (Å²) in [4.78, 5) is 33.5. The predicted octanol–water partition coefficient (Wildman–Crippen LogP) is 1.10. The van der Waals surface area contributed by atoms with E-state index in [-0.39, 0.29) is 11.9 Å². The van der Waals surface area contributed by atoms with Gasteiger partial charge in [0.05, 0.1) is 11.8 Å². The molecule has 7 heteroatoms. The summed E-state index contributed by atoms with van der Waals surface area (Å²) >= 11 is 0. The van der Waals surface area contributed by atoms with Crippen molar-refractivity contribution in [3.63, 3.8) is 0 Å². The van der Waals surface area contributed by atoms with Gasteiger partial charge in [-0.2, -0.15) is 0 Å². The molecule has 106 valence electrons. The monoisotopic (exact) mass is 277 g/mol. The molecular formula is C13H15N3O4. The van der Waals surface area contributed by atoms with Crippen LogP contribution < -0.4 is 16.0 Å². The van der Waals surface area contributed by atoms with Gasteiger partial charge in [0.15, 0.2) is 0 Å². The van der Waals surface area contributed by atoms with Crippen LogP contribution in [0.3, 0.4) is 0 Å². The van der Waals surface area contributed by atoms with Crippen LogP contribution in [-0.4, -0.2) is 30.1 Å². The molecule has 20 heavy (non-hydrogen) atoms. The molecule has 3 amide bonds. The van der Waals surface area contributed by atoms with Gasteiger partial charge in [-0.3, -0.25) is 9.59 Å². The van der Waals surface area contributed by atoms with E-state index >= 15 is 0 Å². The maximum Gasteiger partial charge on any atom is 0.318 e. The molecule has 0 bridgehead atoms. The van der Waals surface area contributed by atoms with E-state index in [2.05, 4.69) is 16.0 Å². The fourth-order valence-corrected chi connectivity index (χ4v) is 1.82. The van der Waals surface area contributed by atoms with Crippen LogP contribution in [0.2, 0.25) is 0 Å². The number of rotatable bonds is 4. The van der Waals surface area contributed by atoms with Crippen LogP contribution >= 0.6 is 0 Å². The molecular weight excluding hydrogens is 262 g/mol. The molecule has 0 heterocycles. The number of anilines is 2. The van der Waals surface area contributed by atoms with Crippen molar-refractivity contribution in [1.29, 1.82) is 0 Å².